The van der Waals surface area contributed by atoms with E-state index in [1.54, 1.807) is 0 Å². The summed E-state index contributed by atoms with van der Waals surface area (Å²) < 4.78 is 5.94. The first-order valence-electron chi connectivity index (χ1n) is 6.23. The zero-order valence-corrected chi connectivity index (χ0v) is 9.04. The van der Waals surface area contributed by atoms with Crippen LogP contribution in [-0.2, 0) is 4.74 Å². The van der Waals surface area contributed by atoms with E-state index in [1.165, 1.54) is 38.5 Å². The van der Waals surface area contributed by atoms with Gasteiger partial charge in [0.2, 0.25) is 0 Å². The molecular formula is C12H21NO. The first kappa shape index (κ1) is 9.17. The third kappa shape index (κ3) is 1.59. The highest BCUT2D eigenvalue weighted by Crippen LogP contribution is 2.34. The largest absolute Gasteiger partial charge is 0.373 e. The summed E-state index contributed by atoms with van der Waals surface area (Å²) in [4.78, 5) is 0. The van der Waals surface area contributed by atoms with Gasteiger partial charge in [0, 0.05) is 12.1 Å². The number of fused-ring (bicyclic) bond motifs is 2. The summed E-state index contributed by atoms with van der Waals surface area (Å²) in [5, 5.41) is 3.79. The van der Waals surface area contributed by atoms with Crippen molar-refractivity contribution >= 4 is 0 Å². The maximum atomic E-state index is 5.94. The molecule has 1 N–H and O–H groups in total. The Balaban J connectivity index is 1.52. The third-order valence-electron chi connectivity index (χ3n) is 4.21. The van der Waals surface area contributed by atoms with Crippen LogP contribution in [-0.4, -0.2) is 24.3 Å². The van der Waals surface area contributed by atoms with Crippen molar-refractivity contribution < 1.29 is 4.74 Å². The molecule has 2 heterocycles. The molecule has 2 nitrogen and oxygen atoms in total. The first-order chi connectivity index (χ1) is 6.81. The van der Waals surface area contributed by atoms with Crippen molar-refractivity contribution in [3.8, 4) is 0 Å². The summed E-state index contributed by atoms with van der Waals surface area (Å²) in [6.45, 7) is 2.35. The number of hydrogen-bond donors (Lipinski definition) is 1. The maximum Gasteiger partial charge on any atom is 0.0732 e. The Morgan fingerprint density at radius 3 is 2.64 bits per heavy atom. The predicted octanol–water partition coefficient (Wildman–Crippen LogP) is 2.08. The van der Waals surface area contributed by atoms with Crippen molar-refractivity contribution in [3.63, 3.8) is 0 Å². The molecular weight excluding hydrogens is 174 g/mol. The quantitative estimate of drug-likeness (QED) is 0.728. The lowest BCUT2D eigenvalue weighted by molar-refractivity contribution is -0.0233. The van der Waals surface area contributed by atoms with Crippen molar-refractivity contribution in [1.29, 1.82) is 0 Å². The van der Waals surface area contributed by atoms with Crippen LogP contribution in [0.15, 0.2) is 0 Å². The molecule has 2 heteroatoms. The number of ether oxygens (including phenoxy) is 1. The van der Waals surface area contributed by atoms with Crippen LogP contribution < -0.4 is 5.32 Å². The van der Waals surface area contributed by atoms with Gasteiger partial charge in [-0.05, 0) is 44.4 Å². The van der Waals surface area contributed by atoms with Crippen LogP contribution >= 0.6 is 0 Å². The van der Waals surface area contributed by atoms with Gasteiger partial charge in [0.1, 0.15) is 0 Å². The van der Waals surface area contributed by atoms with E-state index in [1.807, 2.05) is 0 Å². The summed E-state index contributed by atoms with van der Waals surface area (Å²) in [5.41, 5.74) is 0. The second-order valence-electron chi connectivity index (χ2n) is 5.50. The van der Waals surface area contributed by atoms with Crippen molar-refractivity contribution in [2.24, 2.45) is 5.92 Å². The summed E-state index contributed by atoms with van der Waals surface area (Å²) >= 11 is 0. The van der Waals surface area contributed by atoms with Crippen LogP contribution in [0, 0.1) is 5.92 Å². The number of rotatable bonds is 2. The van der Waals surface area contributed by atoms with Crippen LogP contribution in [0.3, 0.4) is 0 Å². The monoisotopic (exact) mass is 195 g/mol. The molecule has 3 rings (SSSR count). The zero-order chi connectivity index (χ0) is 9.54. The molecule has 0 spiro atoms. The lowest BCUT2D eigenvalue weighted by Crippen LogP contribution is -2.51. The summed E-state index contributed by atoms with van der Waals surface area (Å²) in [6, 6.07) is 1.47. The van der Waals surface area contributed by atoms with Crippen molar-refractivity contribution in [1.82, 2.24) is 5.32 Å². The summed E-state index contributed by atoms with van der Waals surface area (Å²) in [5.74, 6) is 0.952. The molecule has 3 aliphatic rings. The van der Waals surface area contributed by atoms with Gasteiger partial charge in [-0.2, -0.15) is 0 Å². The Morgan fingerprint density at radius 1 is 1.07 bits per heavy atom. The van der Waals surface area contributed by atoms with Gasteiger partial charge in [0.05, 0.1) is 12.2 Å². The Bertz CT molecular complexity index is 212. The maximum absolute atomic E-state index is 5.94. The van der Waals surface area contributed by atoms with Gasteiger partial charge in [0.25, 0.3) is 0 Å². The number of hydrogen-bond acceptors (Lipinski definition) is 2. The van der Waals surface area contributed by atoms with Gasteiger partial charge in [-0.1, -0.05) is 6.92 Å². The summed E-state index contributed by atoms with van der Waals surface area (Å²) in [6.07, 6.45) is 9.16. The van der Waals surface area contributed by atoms with Gasteiger partial charge in [-0.25, -0.2) is 0 Å². The molecule has 0 aromatic carbocycles. The molecule has 3 fully saturated rings. The normalized spacial score (nSPS) is 51.6. The highest BCUT2D eigenvalue weighted by atomic mass is 16.5. The van der Waals surface area contributed by atoms with E-state index in [2.05, 4.69) is 12.2 Å². The lowest BCUT2D eigenvalue weighted by Gasteiger charge is -2.39. The van der Waals surface area contributed by atoms with Gasteiger partial charge in [-0.15, -0.1) is 0 Å². The minimum Gasteiger partial charge on any atom is -0.373 e. The fraction of sp³-hybridized carbons (Fsp3) is 1.00. The third-order valence-corrected chi connectivity index (χ3v) is 4.21. The minimum atomic E-state index is 0.546. The fourth-order valence-electron chi connectivity index (χ4n) is 3.33. The van der Waals surface area contributed by atoms with E-state index in [9.17, 15) is 0 Å². The molecule has 2 bridgehead atoms. The molecule has 1 saturated carbocycles. The molecule has 0 radical (unpaired) electrons. The topological polar surface area (TPSA) is 21.3 Å². The van der Waals surface area contributed by atoms with Gasteiger partial charge in [-0.3, -0.25) is 0 Å². The molecule has 0 aromatic rings. The van der Waals surface area contributed by atoms with Crippen LogP contribution in [0.25, 0.3) is 0 Å². The van der Waals surface area contributed by atoms with E-state index in [0.29, 0.717) is 18.2 Å². The number of nitrogens with one attached hydrogen (secondary N) is 1. The molecule has 80 valence electrons. The molecule has 2 saturated heterocycles. The zero-order valence-electron chi connectivity index (χ0n) is 9.04. The first-order valence-corrected chi connectivity index (χ1v) is 6.23. The van der Waals surface area contributed by atoms with Gasteiger partial charge >= 0.3 is 0 Å². The van der Waals surface area contributed by atoms with Crippen molar-refractivity contribution in [2.45, 2.75) is 69.7 Å². The van der Waals surface area contributed by atoms with Crippen molar-refractivity contribution in [3.05, 3.63) is 0 Å². The molecule has 0 aromatic heterocycles. The molecule has 2 aliphatic heterocycles. The Morgan fingerprint density at radius 2 is 1.86 bits per heavy atom. The standard InChI is InChI=1S/C12H21NO/c1-8-6-9(7-8)13-11-4-2-10-3-5-12(11)14-10/h8-13H,2-7H2,1H3. The average Bonchev–Trinajstić information content (AvgIpc) is 2.51. The van der Waals surface area contributed by atoms with E-state index < -0.39 is 0 Å². The smallest absolute Gasteiger partial charge is 0.0732 e. The van der Waals surface area contributed by atoms with Gasteiger partial charge in [0.15, 0.2) is 0 Å². The van der Waals surface area contributed by atoms with E-state index in [4.69, 9.17) is 4.74 Å². The molecule has 3 unspecified atom stereocenters. The Kier molecular flexibility index (Phi) is 2.29. The van der Waals surface area contributed by atoms with E-state index in [0.717, 1.165) is 12.0 Å². The minimum absolute atomic E-state index is 0.546. The van der Waals surface area contributed by atoms with E-state index in [-0.39, 0.29) is 0 Å². The van der Waals surface area contributed by atoms with Crippen LogP contribution in [0.5, 0.6) is 0 Å². The fourth-order valence-corrected chi connectivity index (χ4v) is 3.33. The molecule has 3 atom stereocenters. The molecule has 14 heavy (non-hydrogen) atoms. The Hall–Kier alpha value is -0.0800. The second-order valence-corrected chi connectivity index (χ2v) is 5.50. The van der Waals surface area contributed by atoms with Crippen molar-refractivity contribution in [2.75, 3.05) is 0 Å². The van der Waals surface area contributed by atoms with E-state index >= 15 is 0 Å². The SMILES string of the molecule is CC1CC(NC2CCC3CCC2O3)C1. The van der Waals surface area contributed by atoms with Crippen LogP contribution in [0.4, 0.5) is 0 Å². The summed E-state index contributed by atoms with van der Waals surface area (Å²) in [7, 11) is 0. The molecule has 0 amide bonds. The molecule has 1 aliphatic carbocycles. The predicted molar refractivity (Wildman–Crippen MR) is 56.2 cm³/mol. The highest BCUT2D eigenvalue weighted by Gasteiger charge is 2.38. The second kappa shape index (κ2) is 3.49. The van der Waals surface area contributed by atoms with Gasteiger partial charge < -0.3 is 10.1 Å². The van der Waals surface area contributed by atoms with Crippen LogP contribution in [0.2, 0.25) is 0 Å². The lowest BCUT2D eigenvalue weighted by atomic mass is 9.81. The Labute approximate surface area is 86.4 Å². The van der Waals surface area contributed by atoms with Crippen LogP contribution in [0.1, 0.15) is 45.4 Å². The highest BCUT2D eigenvalue weighted by molar-refractivity contribution is 4.94. The average molecular weight is 195 g/mol.